The van der Waals surface area contributed by atoms with Gasteiger partial charge in [-0.05, 0) is 31.0 Å². The lowest BCUT2D eigenvalue weighted by atomic mass is 10.2. The third-order valence-electron chi connectivity index (χ3n) is 2.51. The highest BCUT2D eigenvalue weighted by Crippen LogP contribution is 2.23. The molecule has 5 heteroatoms. The predicted octanol–water partition coefficient (Wildman–Crippen LogP) is 2.88. The fourth-order valence-electron chi connectivity index (χ4n) is 1.63. The summed E-state index contributed by atoms with van der Waals surface area (Å²) in [6.07, 6.45) is 0.842. The third kappa shape index (κ3) is 4.20. The van der Waals surface area contributed by atoms with Crippen LogP contribution in [-0.4, -0.2) is 35.7 Å². The van der Waals surface area contributed by atoms with Crippen molar-refractivity contribution in [3.63, 3.8) is 0 Å². The number of amides is 2. The zero-order chi connectivity index (χ0) is 13.5. The number of anilines is 1. The van der Waals surface area contributed by atoms with Gasteiger partial charge in [-0.3, -0.25) is 0 Å². The molecule has 0 bridgehead atoms. The van der Waals surface area contributed by atoms with Crippen molar-refractivity contribution in [2.24, 2.45) is 0 Å². The van der Waals surface area contributed by atoms with Gasteiger partial charge in [-0.1, -0.05) is 24.6 Å². The number of urea groups is 1. The molecule has 1 aromatic rings. The highest BCUT2D eigenvalue weighted by molar-refractivity contribution is 6.33. The molecular formula is C13H19ClN2O2. The first-order valence-corrected chi connectivity index (χ1v) is 6.39. The van der Waals surface area contributed by atoms with E-state index in [1.165, 1.54) is 0 Å². The lowest BCUT2D eigenvalue weighted by Crippen LogP contribution is -2.37. The summed E-state index contributed by atoms with van der Waals surface area (Å²) < 4.78 is 0. The Morgan fingerprint density at radius 2 is 2.17 bits per heavy atom. The number of benzene rings is 1. The molecule has 1 rings (SSSR count). The summed E-state index contributed by atoms with van der Waals surface area (Å²) in [7, 11) is 0. The maximum absolute atomic E-state index is 12.0. The maximum Gasteiger partial charge on any atom is 0.321 e. The van der Waals surface area contributed by atoms with Crippen LogP contribution in [0.4, 0.5) is 10.5 Å². The maximum atomic E-state index is 12.0. The van der Waals surface area contributed by atoms with Crippen LogP contribution >= 0.6 is 11.6 Å². The van der Waals surface area contributed by atoms with Gasteiger partial charge in [-0.2, -0.15) is 0 Å². The minimum Gasteiger partial charge on any atom is -0.395 e. The number of carbonyl (C=O) groups is 1. The van der Waals surface area contributed by atoms with Crippen LogP contribution in [0.5, 0.6) is 0 Å². The molecule has 0 aromatic heterocycles. The minimum absolute atomic E-state index is 0.0467. The number of aliphatic hydroxyl groups excluding tert-OH is 1. The van der Waals surface area contributed by atoms with E-state index >= 15 is 0 Å². The molecule has 0 aliphatic heterocycles. The second-order valence-corrected chi connectivity index (χ2v) is 4.53. The predicted molar refractivity (Wildman–Crippen MR) is 74.2 cm³/mol. The number of aryl methyl sites for hydroxylation is 1. The molecule has 0 aliphatic rings. The number of hydrogen-bond donors (Lipinski definition) is 2. The normalized spacial score (nSPS) is 10.2. The van der Waals surface area contributed by atoms with Gasteiger partial charge in [0.25, 0.3) is 0 Å². The number of halogens is 1. The Morgan fingerprint density at radius 1 is 1.44 bits per heavy atom. The number of carbonyl (C=O) groups excluding carboxylic acids is 1. The molecule has 2 amide bonds. The van der Waals surface area contributed by atoms with Gasteiger partial charge in [0, 0.05) is 13.1 Å². The van der Waals surface area contributed by atoms with Crippen molar-refractivity contribution < 1.29 is 9.90 Å². The van der Waals surface area contributed by atoms with E-state index in [1.807, 2.05) is 26.0 Å². The molecule has 0 fully saturated rings. The first-order chi connectivity index (χ1) is 8.58. The molecule has 100 valence electrons. The first kappa shape index (κ1) is 14.8. The standard InChI is InChI=1S/C13H19ClN2O2/c1-3-6-16(7-8-17)13(18)15-12-9-10(2)4-5-11(12)14/h4-5,9,17H,3,6-8H2,1-2H3,(H,15,18). The summed E-state index contributed by atoms with van der Waals surface area (Å²) in [4.78, 5) is 13.6. The third-order valence-corrected chi connectivity index (χ3v) is 2.84. The highest BCUT2D eigenvalue weighted by Gasteiger charge is 2.13. The number of nitrogens with zero attached hydrogens (tertiary/aromatic N) is 1. The molecule has 0 unspecified atom stereocenters. The largest absolute Gasteiger partial charge is 0.395 e. The molecular weight excluding hydrogens is 252 g/mol. The summed E-state index contributed by atoms with van der Waals surface area (Å²) in [6, 6.07) is 5.22. The van der Waals surface area contributed by atoms with E-state index in [0.29, 0.717) is 23.8 Å². The van der Waals surface area contributed by atoms with Gasteiger partial charge in [0.1, 0.15) is 0 Å². The van der Waals surface area contributed by atoms with Gasteiger partial charge < -0.3 is 15.3 Å². The van der Waals surface area contributed by atoms with E-state index < -0.39 is 0 Å². The number of nitrogens with one attached hydrogen (secondary N) is 1. The SMILES string of the molecule is CCCN(CCO)C(=O)Nc1cc(C)ccc1Cl. The summed E-state index contributed by atoms with van der Waals surface area (Å²) >= 11 is 6.02. The second-order valence-electron chi connectivity index (χ2n) is 4.12. The second kappa shape index (κ2) is 7.24. The Labute approximate surface area is 113 Å². The average Bonchev–Trinajstić information content (AvgIpc) is 2.33. The summed E-state index contributed by atoms with van der Waals surface area (Å²) in [5.74, 6) is 0. The van der Waals surface area contributed by atoms with Crippen molar-refractivity contribution >= 4 is 23.3 Å². The summed E-state index contributed by atoms with van der Waals surface area (Å²) in [6.45, 7) is 4.80. The molecule has 4 nitrogen and oxygen atoms in total. The van der Waals surface area contributed by atoms with E-state index in [9.17, 15) is 4.79 Å². The topological polar surface area (TPSA) is 52.6 Å². The van der Waals surface area contributed by atoms with Crippen molar-refractivity contribution in [1.82, 2.24) is 4.90 Å². The van der Waals surface area contributed by atoms with Crippen molar-refractivity contribution in [3.8, 4) is 0 Å². The van der Waals surface area contributed by atoms with E-state index in [0.717, 1.165) is 12.0 Å². The van der Waals surface area contributed by atoms with Gasteiger partial charge in [0.2, 0.25) is 0 Å². The Bertz CT molecular complexity index is 404. The molecule has 0 atom stereocenters. The van der Waals surface area contributed by atoms with Gasteiger partial charge in [-0.25, -0.2) is 4.79 Å². The van der Waals surface area contributed by atoms with Crippen LogP contribution in [0.1, 0.15) is 18.9 Å². The van der Waals surface area contributed by atoms with Crippen LogP contribution in [0.2, 0.25) is 5.02 Å². The summed E-state index contributed by atoms with van der Waals surface area (Å²) in [5, 5.41) is 12.2. The molecule has 0 saturated carbocycles. The fourth-order valence-corrected chi connectivity index (χ4v) is 1.80. The minimum atomic E-state index is -0.238. The molecule has 0 radical (unpaired) electrons. The average molecular weight is 271 g/mol. The molecule has 0 spiro atoms. The Balaban J connectivity index is 2.75. The Hall–Kier alpha value is -1.26. The monoisotopic (exact) mass is 270 g/mol. The van der Waals surface area contributed by atoms with Crippen molar-refractivity contribution in [2.75, 3.05) is 25.0 Å². The van der Waals surface area contributed by atoms with Gasteiger partial charge in [-0.15, -0.1) is 0 Å². The van der Waals surface area contributed by atoms with Gasteiger partial charge in [0.15, 0.2) is 0 Å². The van der Waals surface area contributed by atoms with Crippen LogP contribution in [-0.2, 0) is 0 Å². The molecule has 1 aromatic carbocycles. The Kier molecular flexibility index (Phi) is 5.95. The smallest absolute Gasteiger partial charge is 0.321 e. The van der Waals surface area contributed by atoms with E-state index in [2.05, 4.69) is 5.32 Å². The molecule has 2 N–H and O–H groups in total. The van der Waals surface area contributed by atoms with E-state index in [4.69, 9.17) is 16.7 Å². The van der Waals surface area contributed by atoms with Crippen molar-refractivity contribution in [2.45, 2.75) is 20.3 Å². The zero-order valence-electron chi connectivity index (χ0n) is 10.7. The van der Waals surface area contributed by atoms with Crippen molar-refractivity contribution in [1.29, 1.82) is 0 Å². The zero-order valence-corrected chi connectivity index (χ0v) is 11.5. The molecule has 0 saturated heterocycles. The van der Waals surface area contributed by atoms with Crippen LogP contribution in [0.15, 0.2) is 18.2 Å². The van der Waals surface area contributed by atoms with Crippen LogP contribution in [0.25, 0.3) is 0 Å². The fraction of sp³-hybridized carbons (Fsp3) is 0.462. The summed E-state index contributed by atoms with van der Waals surface area (Å²) in [5.41, 5.74) is 1.62. The van der Waals surface area contributed by atoms with Gasteiger partial charge >= 0.3 is 6.03 Å². The van der Waals surface area contributed by atoms with Crippen molar-refractivity contribution in [3.05, 3.63) is 28.8 Å². The molecule has 18 heavy (non-hydrogen) atoms. The van der Waals surface area contributed by atoms with E-state index in [1.54, 1.807) is 11.0 Å². The Morgan fingerprint density at radius 3 is 2.78 bits per heavy atom. The lowest BCUT2D eigenvalue weighted by molar-refractivity contribution is 0.188. The van der Waals surface area contributed by atoms with Crippen LogP contribution in [0.3, 0.4) is 0 Å². The van der Waals surface area contributed by atoms with E-state index in [-0.39, 0.29) is 12.6 Å². The molecule has 0 heterocycles. The highest BCUT2D eigenvalue weighted by atomic mass is 35.5. The quantitative estimate of drug-likeness (QED) is 0.864. The lowest BCUT2D eigenvalue weighted by Gasteiger charge is -2.22. The van der Waals surface area contributed by atoms with Crippen LogP contribution in [0, 0.1) is 6.92 Å². The van der Waals surface area contributed by atoms with Gasteiger partial charge in [0.05, 0.1) is 17.3 Å². The first-order valence-electron chi connectivity index (χ1n) is 6.01. The van der Waals surface area contributed by atoms with Crippen LogP contribution < -0.4 is 5.32 Å². The number of aliphatic hydroxyl groups is 1. The molecule has 0 aliphatic carbocycles. The number of hydrogen-bond acceptors (Lipinski definition) is 2. The number of rotatable bonds is 5.